The predicted molar refractivity (Wildman–Crippen MR) is 63.9 cm³/mol. The number of rotatable bonds is 4. The van der Waals surface area contributed by atoms with Gasteiger partial charge in [-0.3, -0.25) is 4.79 Å². The van der Waals surface area contributed by atoms with Crippen LogP contribution < -0.4 is 5.73 Å². The Bertz CT molecular complexity index is 231. The molecule has 0 bridgehead atoms. The van der Waals surface area contributed by atoms with Crippen LogP contribution in [0, 0.1) is 5.92 Å². The number of nitrogens with zero attached hydrogens (tertiary/aromatic N) is 1. The molecule has 0 aromatic rings. The molecule has 1 fully saturated rings. The quantitative estimate of drug-likeness (QED) is 0.745. The third-order valence-corrected chi connectivity index (χ3v) is 3.16. The van der Waals surface area contributed by atoms with E-state index in [-0.39, 0.29) is 18.6 Å². The minimum atomic E-state index is -0.410. The fourth-order valence-corrected chi connectivity index (χ4v) is 2.30. The summed E-state index contributed by atoms with van der Waals surface area (Å²) in [5.41, 5.74) is 5.89. The number of carbonyl (C=O) groups is 1. The second-order valence-corrected chi connectivity index (χ2v) is 5.10. The fourth-order valence-electron chi connectivity index (χ4n) is 2.30. The molecule has 0 spiro atoms. The van der Waals surface area contributed by atoms with Gasteiger partial charge in [0.1, 0.15) is 0 Å². The zero-order valence-electron chi connectivity index (χ0n) is 10.4. The molecule has 1 aliphatic rings. The van der Waals surface area contributed by atoms with E-state index in [4.69, 9.17) is 5.73 Å². The molecular weight excluding hydrogens is 204 g/mol. The van der Waals surface area contributed by atoms with Gasteiger partial charge in [-0.05, 0) is 31.6 Å². The van der Waals surface area contributed by atoms with Crippen molar-refractivity contribution < 1.29 is 9.90 Å². The van der Waals surface area contributed by atoms with E-state index in [2.05, 4.69) is 13.8 Å². The SMILES string of the molecule is CC(C)C[C@H](N)C(=O)N1CCCCC1CO. The topological polar surface area (TPSA) is 66.6 Å². The summed E-state index contributed by atoms with van der Waals surface area (Å²) in [5.74, 6) is 0.434. The Morgan fingerprint density at radius 1 is 1.50 bits per heavy atom. The van der Waals surface area contributed by atoms with E-state index in [1.807, 2.05) is 0 Å². The Hall–Kier alpha value is -0.610. The lowest BCUT2D eigenvalue weighted by atomic mass is 9.98. The van der Waals surface area contributed by atoms with Gasteiger partial charge in [0, 0.05) is 6.54 Å². The van der Waals surface area contributed by atoms with Crippen LogP contribution in [0.1, 0.15) is 39.5 Å². The zero-order valence-corrected chi connectivity index (χ0v) is 10.4. The highest BCUT2D eigenvalue weighted by Gasteiger charge is 2.29. The van der Waals surface area contributed by atoms with E-state index in [1.165, 1.54) is 0 Å². The minimum absolute atomic E-state index is 0.00690. The average Bonchev–Trinajstić information content (AvgIpc) is 2.27. The first kappa shape index (κ1) is 13.5. The monoisotopic (exact) mass is 228 g/mol. The molecule has 4 heteroatoms. The second kappa shape index (κ2) is 6.21. The van der Waals surface area contributed by atoms with Crippen molar-refractivity contribution in [2.24, 2.45) is 11.7 Å². The van der Waals surface area contributed by atoms with E-state index in [0.29, 0.717) is 12.3 Å². The molecule has 1 heterocycles. The van der Waals surface area contributed by atoms with Gasteiger partial charge in [-0.1, -0.05) is 13.8 Å². The Morgan fingerprint density at radius 3 is 2.75 bits per heavy atom. The molecule has 1 aliphatic heterocycles. The Balaban J connectivity index is 2.56. The molecule has 3 N–H and O–H groups in total. The Morgan fingerprint density at radius 2 is 2.19 bits per heavy atom. The van der Waals surface area contributed by atoms with Crippen LogP contribution >= 0.6 is 0 Å². The summed E-state index contributed by atoms with van der Waals surface area (Å²) in [6.07, 6.45) is 3.73. The van der Waals surface area contributed by atoms with Gasteiger partial charge in [0.05, 0.1) is 18.7 Å². The Labute approximate surface area is 97.8 Å². The number of amides is 1. The van der Waals surface area contributed by atoms with Crippen LogP contribution in [0.2, 0.25) is 0 Å². The second-order valence-electron chi connectivity index (χ2n) is 5.10. The largest absolute Gasteiger partial charge is 0.394 e. The van der Waals surface area contributed by atoms with Crippen LogP contribution in [0.5, 0.6) is 0 Å². The number of piperidine rings is 1. The van der Waals surface area contributed by atoms with Crippen molar-refractivity contribution >= 4 is 5.91 Å². The first-order valence-electron chi connectivity index (χ1n) is 6.23. The summed E-state index contributed by atoms with van der Waals surface area (Å²) < 4.78 is 0. The number of hydrogen-bond acceptors (Lipinski definition) is 3. The summed E-state index contributed by atoms with van der Waals surface area (Å²) in [4.78, 5) is 13.9. The third-order valence-electron chi connectivity index (χ3n) is 3.16. The van der Waals surface area contributed by atoms with Crippen molar-refractivity contribution in [1.82, 2.24) is 4.90 Å². The summed E-state index contributed by atoms with van der Waals surface area (Å²) in [7, 11) is 0. The lowest BCUT2D eigenvalue weighted by Crippen LogP contribution is -2.52. The van der Waals surface area contributed by atoms with Crippen LogP contribution in [-0.4, -0.2) is 41.1 Å². The van der Waals surface area contributed by atoms with Crippen molar-refractivity contribution in [3.8, 4) is 0 Å². The number of aliphatic hydroxyl groups excluding tert-OH is 1. The number of likely N-dealkylation sites (tertiary alicyclic amines) is 1. The van der Waals surface area contributed by atoms with Crippen molar-refractivity contribution in [2.45, 2.75) is 51.6 Å². The molecule has 0 radical (unpaired) electrons. The van der Waals surface area contributed by atoms with Crippen LogP contribution in [0.3, 0.4) is 0 Å². The average molecular weight is 228 g/mol. The maximum absolute atomic E-state index is 12.1. The lowest BCUT2D eigenvalue weighted by molar-refractivity contribution is -0.137. The van der Waals surface area contributed by atoms with Gasteiger partial charge in [0.2, 0.25) is 5.91 Å². The highest BCUT2D eigenvalue weighted by molar-refractivity contribution is 5.82. The summed E-state index contributed by atoms with van der Waals surface area (Å²) >= 11 is 0. The van der Waals surface area contributed by atoms with Crippen molar-refractivity contribution in [3.05, 3.63) is 0 Å². The number of nitrogens with two attached hydrogens (primary N) is 1. The van der Waals surface area contributed by atoms with Gasteiger partial charge in [-0.2, -0.15) is 0 Å². The van der Waals surface area contributed by atoms with Crippen LogP contribution in [0.25, 0.3) is 0 Å². The first-order valence-corrected chi connectivity index (χ1v) is 6.23. The molecule has 1 amide bonds. The molecule has 0 aliphatic carbocycles. The van der Waals surface area contributed by atoms with E-state index in [0.717, 1.165) is 25.8 Å². The molecule has 94 valence electrons. The number of aliphatic hydroxyl groups is 1. The van der Waals surface area contributed by atoms with Gasteiger partial charge in [0.25, 0.3) is 0 Å². The molecule has 2 atom stereocenters. The molecule has 0 aromatic carbocycles. The molecule has 1 unspecified atom stereocenters. The maximum Gasteiger partial charge on any atom is 0.239 e. The van der Waals surface area contributed by atoms with E-state index in [9.17, 15) is 9.90 Å². The number of carbonyl (C=O) groups excluding carboxylic acids is 1. The molecule has 1 saturated heterocycles. The smallest absolute Gasteiger partial charge is 0.239 e. The van der Waals surface area contributed by atoms with E-state index < -0.39 is 6.04 Å². The van der Waals surface area contributed by atoms with Crippen molar-refractivity contribution in [1.29, 1.82) is 0 Å². The van der Waals surface area contributed by atoms with Gasteiger partial charge in [-0.25, -0.2) is 0 Å². The summed E-state index contributed by atoms with van der Waals surface area (Å²) in [5, 5.41) is 9.24. The predicted octanol–water partition coefficient (Wildman–Crippen LogP) is 0.733. The lowest BCUT2D eigenvalue weighted by Gasteiger charge is -2.36. The summed E-state index contributed by atoms with van der Waals surface area (Å²) in [6.45, 7) is 4.93. The van der Waals surface area contributed by atoms with Crippen LogP contribution in [-0.2, 0) is 4.79 Å². The van der Waals surface area contributed by atoms with Crippen molar-refractivity contribution in [2.75, 3.05) is 13.2 Å². The molecule has 0 saturated carbocycles. The normalized spacial score (nSPS) is 23.6. The van der Waals surface area contributed by atoms with Gasteiger partial charge in [0.15, 0.2) is 0 Å². The molecular formula is C12H24N2O2. The van der Waals surface area contributed by atoms with Crippen LogP contribution in [0.15, 0.2) is 0 Å². The minimum Gasteiger partial charge on any atom is -0.394 e. The molecule has 1 rings (SSSR count). The van der Waals surface area contributed by atoms with Gasteiger partial charge < -0.3 is 15.7 Å². The maximum atomic E-state index is 12.1. The van der Waals surface area contributed by atoms with Gasteiger partial charge in [-0.15, -0.1) is 0 Å². The third kappa shape index (κ3) is 3.46. The first-order chi connectivity index (χ1) is 7.56. The van der Waals surface area contributed by atoms with E-state index >= 15 is 0 Å². The molecule has 0 aromatic heterocycles. The molecule has 16 heavy (non-hydrogen) atoms. The molecule has 4 nitrogen and oxygen atoms in total. The van der Waals surface area contributed by atoms with Crippen molar-refractivity contribution in [3.63, 3.8) is 0 Å². The van der Waals surface area contributed by atoms with E-state index in [1.54, 1.807) is 4.90 Å². The standard InChI is InChI=1S/C12H24N2O2/c1-9(2)7-11(13)12(16)14-6-4-3-5-10(14)8-15/h9-11,15H,3-8,13H2,1-2H3/t10?,11-/m0/s1. The summed E-state index contributed by atoms with van der Waals surface area (Å²) in [6, 6.07) is -0.424. The highest BCUT2D eigenvalue weighted by Crippen LogP contribution is 2.18. The highest BCUT2D eigenvalue weighted by atomic mass is 16.3. The number of hydrogen-bond donors (Lipinski definition) is 2. The van der Waals surface area contributed by atoms with Crippen LogP contribution in [0.4, 0.5) is 0 Å². The van der Waals surface area contributed by atoms with Gasteiger partial charge >= 0.3 is 0 Å². The zero-order chi connectivity index (χ0) is 12.1. The Kier molecular flexibility index (Phi) is 5.22. The fraction of sp³-hybridized carbons (Fsp3) is 0.917.